The van der Waals surface area contributed by atoms with Crippen LogP contribution in [0.1, 0.15) is 20.7 Å². The lowest BCUT2D eigenvalue weighted by Gasteiger charge is -2.05. The minimum atomic E-state index is -0.797. The molecule has 0 aliphatic heterocycles. The third kappa shape index (κ3) is 2.62. The van der Waals surface area contributed by atoms with E-state index in [4.69, 9.17) is 34.8 Å². The van der Waals surface area contributed by atoms with Crippen molar-refractivity contribution in [2.24, 2.45) is 0 Å². The van der Waals surface area contributed by atoms with Crippen molar-refractivity contribution < 1.29 is 14.3 Å². The van der Waals surface area contributed by atoms with Gasteiger partial charge in [-0.3, -0.25) is 4.79 Å². The Morgan fingerprint density at radius 2 is 1.60 bits per heavy atom. The van der Waals surface area contributed by atoms with E-state index in [1.165, 1.54) is 19.2 Å². The molecule has 0 unspecified atom stereocenters. The number of carbonyl (C=O) groups is 2. The highest BCUT2D eigenvalue weighted by Crippen LogP contribution is 2.27. The van der Waals surface area contributed by atoms with Gasteiger partial charge in [-0.05, 0) is 23.7 Å². The number of rotatable bonds is 2. The zero-order chi connectivity index (χ0) is 11.6. The lowest BCUT2D eigenvalue weighted by Crippen LogP contribution is -2.07. The molecule has 0 saturated carbocycles. The van der Waals surface area contributed by atoms with Crippen LogP contribution in [0.5, 0.6) is 0 Å². The van der Waals surface area contributed by atoms with Crippen LogP contribution >= 0.6 is 34.8 Å². The minimum absolute atomic E-state index is 0.00750. The van der Waals surface area contributed by atoms with E-state index in [0.717, 1.165) is 0 Å². The molecule has 0 radical (unpaired) electrons. The van der Waals surface area contributed by atoms with E-state index in [0.29, 0.717) is 0 Å². The van der Waals surface area contributed by atoms with Gasteiger partial charge in [0.25, 0.3) is 5.24 Å². The van der Waals surface area contributed by atoms with Gasteiger partial charge < -0.3 is 4.74 Å². The summed E-state index contributed by atoms with van der Waals surface area (Å²) >= 11 is 16.7. The first-order valence-corrected chi connectivity index (χ1v) is 4.88. The van der Waals surface area contributed by atoms with Crippen molar-refractivity contribution >= 4 is 46.0 Å². The van der Waals surface area contributed by atoms with E-state index in [9.17, 15) is 9.59 Å². The summed E-state index contributed by atoms with van der Waals surface area (Å²) in [7, 11) is 1.19. The third-order valence-corrected chi connectivity index (χ3v) is 2.60. The second kappa shape index (κ2) is 4.84. The second-order valence-electron chi connectivity index (χ2n) is 2.58. The summed E-state index contributed by atoms with van der Waals surface area (Å²) < 4.78 is 4.47. The van der Waals surface area contributed by atoms with E-state index in [-0.39, 0.29) is 21.2 Å². The first kappa shape index (κ1) is 12.3. The fourth-order valence-electron chi connectivity index (χ4n) is 0.988. The molecule has 1 aromatic rings. The van der Waals surface area contributed by atoms with Gasteiger partial charge in [-0.2, -0.15) is 0 Å². The molecule has 0 bridgehead atoms. The Morgan fingerprint density at radius 1 is 1.13 bits per heavy atom. The highest BCUT2D eigenvalue weighted by molar-refractivity contribution is 6.68. The number of carbonyl (C=O) groups excluding carboxylic acids is 2. The summed E-state index contributed by atoms with van der Waals surface area (Å²) in [5.74, 6) is -0.697. The van der Waals surface area contributed by atoms with Gasteiger partial charge in [0.05, 0.1) is 28.3 Å². The van der Waals surface area contributed by atoms with Crippen LogP contribution in [0, 0.1) is 0 Å². The van der Waals surface area contributed by atoms with Crippen molar-refractivity contribution in [1.29, 1.82) is 0 Å². The van der Waals surface area contributed by atoms with Crippen LogP contribution in [0.2, 0.25) is 10.0 Å². The molecular weight excluding hydrogens is 262 g/mol. The van der Waals surface area contributed by atoms with Crippen LogP contribution in [-0.2, 0) is 4.74 Å². The molecule has 3 nitrogen and oxygen atoms in total. The summed E-state index contributed by atoms with van der Waals surface area (Å²) in [5, 5.41) is -0.499. The Hall–Kier alpha value is -0.770. The molecule has 1 rings (SSSR count). The number of halogens is 3. The van der Waals surface area contributed by atoms with Crippen molar-refractivity contribution in [3.05, 3.63) is 33.3 Å². The van der Waals surface area contributed by atoms with E-state index in [2.05, 4.69) is 4.74 Å². The van der Waals surface area contributed by atoms with Gasteiger partial charge in [-0.15, -0.1) is 0 Å². The molecule has 0 fully saturated rings. The first-order chi connectivity index (χ1) is 6.97. The normalized spacial score (nSPS) is 9.87. The average molecular weight is 267 g/mol. The Kier molecular flexibility index (Phi) is 3.97. The maximum Gasteiger partial charge on any atom is 0.338 e. The standard InChI is InChI=1S/C9H5Cl3O3/c1-15-9(14)5-3-7(11)6(10)2-4(5)8(12)13/h2-3H,1H3. The molecule has 0 amide bonds. The lowest BCUT2D eigenvalue weighted by atomic mass is 10.1. The summed E-state index contributed by atoms with van der Waals surface area (Å²) in [6.45, 7) is 0. The smallest absolute Gasteiger partial charge is 0.338 e. The average Bonchev–Trinajstić information content (AvgIpc) is 2.20. The predicted molar refractivity (Wildman–Crippen MR) is 58.0 cm³/mol. The van der Waals surface area contributed by atoms with Gasteiger partial charge in [0.1, 0.15) is 0 Å². The van der Waals surface area contributed by atoms with Crippen LogP contribution < -0.4 is 0 Å². The largest absolute Gasteiger partial charge is 0.465 e. The van der Waals surface area contributed by atoms with Gasteiger partial charge in [-0.25, -0.2) is 4.79 Å². The van der Waals surface area contributed by atoms with Gasteiger partial charge in [-0.1, -0.05) is 23.2 Å². The molecule has 0 spiro atoms. The van der Waals surface area contributed by atoms with Gasteiger partial charge in [0, 0.05) is 0 Å². The fraction of sp³-hybridized carbons (Fsp3) is 0.111. The molecule has 0 aliphatic rings. The molecular formula is C9H5Cl3O3. The maximum absolute atomic E-state index is 11.3. The highest BCUT2D eigenvalue weighted by Gasteiger charge is 2.18. The highest BCUT2D eigenvalue weighted by atomic mass is 35.5. The number of ether oxygens (including phenoxy) is 1. The zero-order valence-electron chi connectivity index (χ0n) is 7.51. The van der Waals surface area contributed by atoms with Crippen molar-refractivity contribution in [2.45, 2.75) is 0 Å². The van der Waals surface area contributed by atoms with Crippen LogP contribution in [0.15, 0.2) is 12.1 Å². The quantitative estimate of drug-likeness (QED) is 0.610. The number of hydrogen-bond acceptors (Lipinski definition) is 3. The zero-order valence-corrected chi connectivity index (χ0v) is 9.78. The molecule has 0 aromatic heterocycles. The first-order valence-electron chi connectivity index (χ1n) is 3.74. The topological polar surface area (TPSA) is 43.4 Å². The van der Waals surface area contributed by atoms with Crippen LogP contribution in [0.4, 0.5) is 0 Å². The minimum Gasteiger partial charge on any atom is -0.465 e. The molecule has 6 heteroatoms. The Bertz CT molecular complexity index is 429. The predicted octanol–water partition coefficient (Wildman–Crippen LogP) is 3.16. The third-order valence-electron chi connectivity index (χ3n) is 1.68. The number of benzene rings is 1. The summed E-state index contributed by atoms with van der Waals surface area (Å²) in [5.41, 5.74) is -0.0372. The molecule has 80 valence electrons. The molecule has 0 aliphatic carbocycles. The molecule has 0 heterocycles. The van der Waals surface area contributed by atoms with Crippen LogP contribution in [-0.4, -0.2) is 18.3 Å². The summed E-state index contributed by atoms with van der Waals surface area (Å²) in [4.78, 5) is 22.3. The maximum atomic E-state index is 11.3. The SMILES string of the molecule is COC(=O)c1cc(Cl)c(Cl)cc1C(=O)Cl. The Morgan fingerprint density at radius 3 is 2.00 bits per heavy atom. The monoisotopic (exact) mass is 266 g/mol. The molecule has 15 heavy (non-hydrogen) atoms. The van der Waals surface area contributed by atoms with Crippen molar-refractivity contribution in [3.8, 4) is 0 Å². The van der Waals surface area contributed by atoms with Crippen LogP contribution in [0.25, 0.3) is 0 Å². The Labute approximate surface area is 101 Å². The molecule has 0 atom stereocenters. The van der Waals surface area contributed by atoms with E-state index >= 15 is 0 Å². The van der Waals surface area contributed by atoms with E-state index in [1.807, 2.05) is 0 Å². The van der Waals surface area contributed by atoms with Crippen LogP contribution in [0.3, 0.4) is 0 Å². The van der Waals surface area contributed by atoms with E-state index in [1.54, 1.807) is 0 Å². The van der Waals surface area contributed by atoms with Gasteiger partial charge >= 0.3 is 5.97 Å². The molecule has 0 N–H and O–H groups in total. The summed E-state index contributed by atoms with van der Waals surface area (Å²) in [6, 6.07) is 2.47. The fourth-order valence-corrected chi connectivity index (χ4v) is 1.47. The van der Waals surface area contributed by atoms with Crippen molar-refractivity contribution in [2.75, 3.05) is 7.11 Å². The van der Waals surface area contributed by atoms with Crippen molar-refractivity contribution in [3.63, 3.8) is 0 Å². The second-order valence-corrected chi connectivity index (χ2v) is 3.73. The number of hydrogen-bond donors (Lipinski definition) is 0. The van der Waals surface area contributed by atoms with Gasteiger partial charge in [0.2, 0.25) is 0 Å². The van der Waals surface area contributed by atoms with Crippen molar-refractivity contribution in [1.82, 2.24) is 0 Å². The Balaban J connectivity index is 3.41. The number of methoxy groups -OCH3 is 1. The molecule has 0 saturated heterocycles. The lowest BCUT2D eigenvalue weighted by molar-refractivity contribution is 0.0598. The number of esters is 1. The van der Waals surface area contributed by atoms with Gasteiger partial charge in [0.15, 0.2) is 0 Å². The summed E-state index contributed by atoms with van der Waals surface area (Å²) in [6.07, 6.45) is 0. The molecule has 1 aromatic carbocycles. The van der Waals surface area contributed by atoms with E-state index < -0.39 is 11.2 Å².